The molecule has 11 heavy (non-hydrogen) atoms. The monoisotopic (exact) mass is 155 g/mol. The van der Waals surface area contributed by atoms with E-state index in [9.17, 15) is 4.79 Å². The number of hydrogen-bond donors (Lipinski definition) is 0. The summed E-state index contributed by atoms with van der Waals surface area (Å²) >= 11 is 0. The first-order valence-electron chi connectivity index (χ1n) is 4.23. The molecule has 3 nitrogen and oxygen atoms in total. The summed E-state index contributed by atoms with van der Waals surface area (Å²) in [7, 11) is 0. The summed E-state index contributed by atoms with van der Waals surface area (Å²) in [6.45, 7) is 3.42. The van der Waals surface area contributed by atoms with Crippen LogP contribution in [-0.4, -0.2) is 29.7 Å². The molecule has 1 aliphatic carbocycles. The molecule has 2 aliphatic rings. The van der Waals surface area contributed by atoms with Gasteiger partial charge in [-0.2, -0.15) is 0 Å². The fourth-order valence-electron chi connectivity index (χ4n) is 2.01. The second kappa shape index (κ2) is 2.13. The van der Waals surface area contributed by atoms with Gasteiger partial charge in [0.15, 0.2) is 0 Å². The lowest BCUT2D eigenvalue weighted by molar-refractivity contribution is 0.0856. The molecule has 0 aromatic rings. The van der Waals surface area contributed by atoms with Crippen molar-refractivity contribution in [1.82, 2.24) is 4.90 Å². The molecule has 0 atom stereocenters. The molecule has 1 saturated heterocycles. The van der Waals surface area contributed by atoms with E-state index in [1.54, 1.807) is 0 Å². The van der Waals surface area contributed by atoms with Gasteiger partial charge in [-0.15, -0.1) is 0 Å². The Morgan fingerprint density at radius 2 is 2.36 bits per heavy atom. The minimum Gasteiger partial charge on any atom is -0.447 e. The zero-order valence-electron chi connectivity index (χ0n) is 6.80. The average molecular weight is 155 g/mol. The molecular weight excluding hydrogens is 142 g/mol. The van der Waals surface area contributed by atoms with Crippen LogP contribution in [0.5, 0.6) is 0 Å². The summed E-state index contributed by atoms with van der Waals surface area (Å²) in [5, 5.41) is 0. The van der Waals surface area contributed by atoms with Crippen LogP contribution in [0.25, 0.3) is 0 Å². The van der Waals surface area contributed by atoms with Crippen molar-refractivity contribution in [3.8, 4) is 0 Å². The summed E-state index contributed by atoms with van der Waals surface area (Å²) in [5.41, 5.74) is 0.117. The smallest absolute Gasteiger partial charge is 0.410 e. The number of likely N-dealkylation sites (N-methyl/N-ethyl adjacent to an activating group) is 1. The molecule has 1 heterocycles. The quantitative estimate of drug-likeness (QED) is 0.572. The lowest BCUT2D eigenvalue weighted by Gasteiger charge is -2.42. The third-order valence-electron chi connectivity index (χ3n) is 2.86. The van der Waals surface area contributed by atoms with E-state index in [0.717, 1.165) is 19.4 Å². The van der Waals surface area contributed by atoms with Crippen LogP contribution in [0.3, 0.4) is 0 Å². The Morgan fingerprint density at radius 3 is 2.73 bits per heavy atom. The Bertz CT molecular complexity index is 187. The Labute approximate surface area is 66.3 Å². The molecule has 1 aliphatic heterocycles. The Kier molecular flexibility index (Phi) is 1.34. The van der Waals surface area contributed by atoms with Gasteiger partial charge < -0.3 is 4.74 Å². The van der Waals surface area contributed by atoms with Gasteiger partial charge in [0.2, 0.25) is 0 Å². The molecule has 1 amide bonds. The number of cyclic esters (lactones) is 1. The zero-order valence-corrected chi connectivity index (χ0v) is 6.80. The van der Waals surface area contributed by atoms with Crippen molar-refractivity contribution in [3.63, 3.8) is 0 Å². The number of amides is 1. The van der Waals surface area contributed by atoms with Gasteiger partial charge in [-0.1, -0.05) is 0 Å². The van der Waals surface area contributed by atoms with Crippen LogP contribution in [-0.2, 0) is 4.74 Å². The largest absolute Gasteiger partial charge is 0.447 e. The maximum atomic E-state index is 11.1. The van der Waals surface area contributed by atoms with Crippen molar-refractivity contribution in [1.29, 1.82) is 0 Å². The fraction of sp³-hybridized carbons (Fsp3) is 0.875. The number of nitrogens with zero attached hydrogens (tertiary/aromatic N) is 1. The topological polar surface area (TPSA) is 29.5 Å². The number of rotatable bonds is 1. The predicted octanol–water partition coefficient (Wildman–Crippen LogP) is 1.38. The number of carbonyl (C=O) groups is 1. The number of carbonyl (C=O) groups excluding carboxylic acids is 1. The number of hydrogen-bond acceptors (Lipinski definition) is 2. The molecule has 0 N–H and O–H groups in total. The second-order valence-electron chi connectivity index (χ2n) is 3.38. The molecule has 1 spiro atoms. The third kappa shape index (κ3) is 0.767. The van der Waals surface area contributed by atoms with Crippen LogP contribution in [0.1, 0.15) is 26.2 Å². The molecular formula is C8H13NO2. The van der Waals surface area contributed by atoms with Crippen molar-refractivity contribution < 1.29 is 9.53 Å². The van der Waals surface area contributed by atoms with Gasteiger partial charge >= 0.3 is 6.09 Å². The predicted molar refractivity (Wildman–Crippen MR) is 40.3 cm³/mol. The molecule has 0 bridgehead atoms. The summed E-state index contributed by atoms with van der Waals surface area (Å²) in [5.74, 6) is 0. The fourth-order valence-corrected chi connectivity index (χ4v) is 2.01. The van der Waals surface area contributed by atoms with Gasteiger partial charge in [-0.05, 0) is 26.2 Å². The Balaban J connectivity index is 2.16. The molecule has 0 radical (unpaired) electrons. The summed E-state index contributed by atoms with van der Waals surface area (Å²) in [6.07, 6.45) is 3.39. The lowest BCUT2D eigenvalue weighted by Crippen LogP contribution is -2.52. The van der Waals surface area contributed by atoms with Crippen LogP contribution in [0, 0.1) is 0 Å². The van der Waals surface area contributed by atoms with E-state index in [2.05, 4.69) is 0 Å². The Hall–Kier alpha value is -0.730. The lowest BCUT2D eigenvalue weighted by atomic mass is 9.77. The second-order valence-corrected chi connectivity index (χ2v) is 3.38. The van der Waals surface area contributed by atoms with Crippen molar-refractivity contribution in [2.45, 2.75) is 31.7 Å². The van der Waals surface area contributed by atoms with E-state index < -0.39 is 0 Å². The van der Waals surface area contributed by atoms with Crippen molar-refractivity contribution in [3.05, 3.63) is 0 Å². The highest BCUT2D eigenvalue weighted by Crippen LogP contribution is 2.41. The van der Waals surface area contributed by atoms with Gasteiger partial charge in [0.25, 0.3) is 0 Å². The third-order valence-corrected chi connectivity index (χ3v) is 2.86. The van der Waals surface area contributed by atoms with Gasteiger partial charge in [0.05, 0.1) is 5.54 Å². The first kappa shape index (κ1) is 6.95. The normalized spacial score (nSPS) is 27.0. The molecule has 1 saturated carbocycles. The first-order valence-corrected chi connectivity index (χ1v) is 4.23. The summed E-state index contributed by atoms with van der Waals surface area (Å²) in [6, 6.07) is 0. The molecule has 2 fully saturated rings. The molecule has 62 valence electrons. The van der Waals surface area contributed by atoms with Gasteiger partial charge in [-0.25, -0.2) is 4.79 Å². The molecule has 0 unspecified atom stereocenters. The standard InChI is InChI=1S/C8H13NO2/c1-2-9-7(10)11-6-8(9)4-3-5-8/h2-6H2,1H3. The Morgan fingerprint density at radius 1 is 1.64 bits per heavy atom. The van der Waals surface area contributed by atoms with E-state index >= 15 is 0 Å². The van der Waals surface area contributed by atoms with E-state index in [1.165, 1.54) is 6.42 Å². The van der Waals surface area contributed by atoms with Gasteiger partial charge in [-0.3, -0.25) is 4.90 Å². The maximum Gasteiger partial charge on any atom is 0.410 e. The van der Waals surface area contributed by atoms with Gasteiger partial charge in [0.1, 0.15) is 6.61 Å². The highest BCUT2D eigenvalue weighted by molar-refractivity contribution is 5.71. The molecule has 3 heteroatoms. The van der Waals surface area contributed by atoms with Crippen LogP contribution in [0.4, 0.5) is 4.79 Å². The van der Waals surface area contributed by atoms with Gasteiger partial charge in [0, 0.05) is 6.54 Å². The maximum absolute atomic E-state index is 11.1. The summed E-state index contributed by atoms with van der Waals surface area (Å²) in [4.78, 5) is 13.0. The van der Waals surface area contributed by atoms with E-state index in [1.807, 2.05) is 11.8 Å². The minimum atomic E-state index is -0.118. The van der Waals surface area contributed by atoms with Crippen molar-refractivity contribution in [2.75, 3.05) is 13.2 Å². The SMILES string of the molecule is CCN1C(=O)OCC12CCC2. The highest BCUT2D eigenvalue weighted by atomic mass is 16.6. The van der Waals surface area contributed by atoms with Crippen molar-refractivity contribution in [2.24, 2.45) is 0 Å². The van der Waals surface area contributed by atoms with E-state index in [0.29, 0.717) is 6.61 Å². The van der Waals surface area contributed by atoms with E-state index in [4.69, 9.17) is 4.74 Å². The van der Waals surface area contributed by atoms with Crippen LogP contribution in [0.2, 0.25) is 0 Å². The first-order chi connectivity index (χ1) is 5.28. The summed E-state index contributed by atoms with van der Waals surface area (Å²) < 4.78 is 5.00. The average Bonchev–Trinajstić information content (AvgIpc) is 2.25. The molecule has 2 rings (SSSR count). The molecule has 0 aromatic heterocycles. The highest BCUT2D eigenvalue weighted by Gasteiger charge is 2.50. The van der Waals surface area contributed by atoms with Crippen LogP contribution in [0.15, 0.2) is 0 Å². The molecule has 0 aromatic carbocycles. The minimum absolute atomic E-state index is 0.117. The van der Waals surface area contributed by atoms with Crippen LogP contribution < -0.4 is 0 Å². The zero-order chi connectivity index (χ0) is 7.90. The number of ether oxygens (including phenoxy) is 1. The van der Waals surface area contributed by atoms with Crippen LogP contribution >= 0.6 is 0 Å². The van der Waals surface area contributed by atoms with Crippen molar-refractivity contribution >= 4 is 6.09 Å². The van der Waals surface area contributed by atoms with E-state index in [-0.39, 0.29) is 11.6 Å².